The Morgan fingerprint density at radius 3 is 2.73 bits per heavy atom. The number of nitrogens with zero attached hydrogens (tertiary/aromatic N) is 2. The molecule has 0 aliphatic carbocycles. The molecule has 0 aromatic carbocycles. The molecule has 0 aromatic rings. The first-order valence-electron chi connectivity index (χ1n) is 3.77. The third kappa shape index (κ3) is 1.37. The molecule has 11 heavy (non-hydrogen) atoms. The van der Waals surface area contributed by atoms with Gasteiger partial charge in [-0.15, -0.1) is 0 Å². The first-order valence-corrected chi connectivity index (χ1v) is 3.77. The predicted molar refractivity (Wildman–Crippen MR) is 45.1 cm³/mol. The number of hydrogen-bond acceptors (Lipinski definition) is 2. The van der Waals surface area contributed by atoms with Gasteiger partial charge >= 0.3 is 0 Å². The van der Waals surface area contributed by atoms with Gasteiger partial charge in [-0.1, -0.05) is 0 Å². The summed E-state index contributed by atoms with van der Waals surface area (Å²) < 4.78 is 2.14. The molecule has 0 spiro atoms. The van der Waals surface area contributed by atoms with E-state index in [0.717, 1.165) is 30.8 Å². The highest BCUT2D eigenvalue weighted by atomic mass is 16.2. The fourth-order valence-electron chi connectivity index (χ4n) is 1.46. The minimum absolute atomic E-state index is 0.924. The van der Waals surface area contributed by atoms with Crippen molar-refractivity contribution in [2.45, 2.75) is 6.92 Å². The van der Waals surface area contributed by atoms with Crippen molar-refractivity contribution in [2.75, 3.05) is 27.2 Å². The molecule has 0 unspecified atom stereocenters. The van der Waals surface area contributed by atoms with Gasteiger partial charge in [-0.2, -0.15) is 0 Å². The summed E-state index contributed by atoms with van der Waals surface area (Å²) in [6.07, 6.45) is 1.16. The van der Waals surface area contributed by atoms with E-state index in [1.807, 2.05) is 21.0 Å². The molecule has 3 heteroatoms. The van der Waals surface area contributed by atoms with Crippen LogP contribution in [0, 0.1) is 0 Å². The third-order valence-corrected chi connectivity index (χ3v) is 2.04. The fourth-order valence-corrected chi connectivity index (χ4v) is 1.46. The summed E-state index contributed by atoms with van der Waals surface area (Å²) in [5.41, 5.74) is 0.924. The first kappa shape index (κ1) is 8.11. The van der Waals surface area contributed by atoms with Gasteiger partial charge in [0, 0.05) is 0 Å². The van der Waals surface area contributed by atoms with Crippen LogP contribution >= 0.6 is 0 Å². The van der Waals surface area contributed by atoms with Crippen molar-refractivity contribution in [1.29, 1.82) is 0 Å². The SMILES string of the molecule is C/C(=C\O)C1=[N+](C)CCN1C. The fraction of sp³-hybridized carbons (Fsp3) is 0.625. The second-order valence-electron chi connectivity index (χ2n) is 2.98. The number of amidine groups is 1. The largest absolute Gasteiger partial charge is 0.515 e. The predicted octanol–water partition coefficient (Wildman–Crippen LogP) is 0.434. The van der Waals surface area contributed by atoms with Crippen molar-refractivity contribution in [3.05, 3.63) is 11.8 Å². The smallest absolute Gasteiger partial charge is 0.277 e. The van der Waals surface area contributed by atoms with Gasteiger partial charge in [0.2, 0.25) is 0 Å². The molecular formula is C8H15N2O+. The Kier molecular flexibility index (Phi) is 2.17. The minimum atomic E-state index is 0.924. The lowest BCUT2D eigenvalue weighted by Crippen LogP contribution is -2.25. The molecule has 1 aliphatic rings. The maximum absolute atomic E-state index is 8.79. The quantitative estimate of drug-likeness (QED) is 0.439. The van der Waals surface area contributed by atoms with Gasteiger partial charge in [0.05, 0.1) is 25.9 Å². The lowest BCUT2D eigenvalue weighted by Gasteiger charge is -2.05. The highest BCUT2D eigenvalue weighted by Gasteiger charge is 2.25. The van der Waals surface area contributed by atoms with E-state index in [2.05, 4.69) is 9.48 Å². The second kappa shape index (κ2) is 2.95. The van der Waals surface area contributed by atoms with Crippen molar-refractivity contribution in [3.63, 3.8) is 0 Å². The van der Waals surface area contributed by atoms with Gasteiger partial charge < -0.3 is 5.11 Å². The summed E-state index contributed by atoms with van der Waals surface area (Å²) >= 11 is 0. The van der Waals surface area contributed by atoms with Crippen molar-refractivity contribution >= 4 is 5.84 Å². The maximum Gasteiger partial charge on any atom is 0.277 e. The molecule has 1 rings (SSSR count). The molecule has 0 saturated carbocycles. The molecular weight excluding hydrogens is 140 g/mol. The molecule has 0 radical (unpaired) electrons. The molecule has 0 saturated heterocycles. The normalized spacial score (nSPS) is 19.9. The van der Waals surface area contributed by atoms with E-state index in [1.54, 1.807) is 0 Å². The zero-order chi connectivity index (χ0) is 8.43. The Morgan fingerprint density at radius 1 is 1.73 bits per heavy atom. The van der Waals surface area contributed by atoms with Crippen LogP contribution in [0.3, 0.4) is 0 Å². The van der Waals surface area contributed by atoms with Crippen LogP contribution in [0.4, 0.5) is 0 Å². The van der Waals surface area contributed by atoms with E-state index in [9.17, 15) is 0 Å². The van der Waals surface area contributed by atoms with Crippen LogP contribution in [0.2, 0.25) is 0 Å². The summed E-state index contributed by atoms with van der Waals surface area (Å²) in [5.74, 6) is 1.12. The monoisotopic (exact) mass is 155 g/mol. The van der Waals surface area contributed by atoms with Gasteiger partial charge in [0.25, 0.3) is 5.84 Å². The summed E-state index contributed by atoms with van der Waals surface area (Å²) in [5, 5.41) is 8.79. The summed E-state index contributed by atoms with van der Waals surface area (Å²) in [4.78, 5) is 2.14. The maximum atomic E-state index is 8.79. The van der Waals surface area contributed by atoms with Crippen molar-refractivity contribution in [1.82, 2.24) is 4.90 Å². The second-order valence-corrected chi connectivity index (χ2v) is 2.98. The number of likely N-dealkylation sites (N-methyl/N-ethyl adjacent to an activating group) is 2. The van der Waals surface area contributed by atoms with Gasteiger partial charge in [-0.25, -0.2) is 0 Å². The number of aliphatic hydroxyl groups excluding tert-OH is 1. The average Bonchev–Trinajstić information content (AvgIpc) is 2.30. The molecule has 3 nitrogen and oxygen atoms in total. The number of rotatable bonds is 1. The molecule has 0 amide bonds. The van der Waals surface area contributed by atoms with Crippen LogP contribution in [-0.4, -0.2) is 47.6 Å². The Labute approximate surface area is 67.3 Å². The first-order chi connectivity index (χ1) is 5.16. The van der Waals surface area contributed by atoms with Gasteiger partial charge in [-0.05, 0) is 6.92 Å². The van der Waals surface area contributed by atoms with Crippen LogP contribution in [0.1, 0.15) is 6.92 Å². The van der Waals surface area contributed by atoms with Crippen LogP contribution < -0.4 is 0 Å². The molecule has 0 aromatic heterocycles. The summed E-state index contributed by atoms with van der Waals surface area (Å²) in [6.45, 7) is 3.99. The Hall–Kier alpha value is -0.990. The van der Waals surface area contributed by atoms with Crippen molar-refractivity contribution in [3.8, 4) is 0 Å². The van der Waals surface area contributed by atoms with E-state index in [4.69, 9.17) is 5.11 Å². The molecule has 0 atom stereocenters. The number of hydrogen-bond donors (Lipinski definition) is 1. The highest BCUT2D eigenvalue weighted by molar-refractivity contribution is 5.94. The summed E-state index contributed by atoms with van der Waals surface area (Å²) in [6, 6.07) is 0. The third-order valence-electron chi connectivity index (χ3n) is 2.04. The Bertz CT molecular complexity index is 218. The van der Waals surface area contributed by atoms with E-state index >= 15 is 0 Å². The van der Waals surface area contributed by atoms with Gasteiger partial charge in [0.15, 0.2) is 0 Å². The summed E-state index contributed by atoms with van der Waals surface area (Å²) in [7, 11) is 4.07. The number of aliphatic hydroxyl groups is 1. The lowest BCUT2D eigenvalue weighted by molar-refractivity contribution is -0.486. The van der Waals surface area contributed by atoms with E-state index in [0.29, 0.717) is 0 Å². The van der Waals surface area contributed by atoms with E-state index < -0.39 is 0 Å². The Morgan fingerprint density at radius 2 is 2.36 bits per heavy atom. The van der Waals surface area contributed by atoms with Gasteiger partial charge in [0.1, 0.15) is 13.1 Å². The van der Waals surface area contributed by atoms with E-state index in [-0.39, 0.29) is 0 Å². The molecule has 0 bridgehead atoms. The molecule has 1 aliphatic heterocycles. The highest BCUT2D eigenvalue weighted by Crippen LogP contribution is 2.05. The minimum Gasteiger partial charge on any atom is -0.515 e. The van der Waals surface area contributed by atoms with Crippen molar-refractivity contribution in [2.24, 2.45) is 0 Å². The zero-order valence-electron chi connectivity index (χ0n) is 7.33. The average molecular weight is 155 g/mol. The van der Waals surface area contributed by atoms with Gasteiger partial charge in [-0.3, -0.25) is 9.48 Å². The zero-order valence-corrected chi connectivity index (χ0v) is 7.33. The van der Waals surface area contributed by atoms with Crippen molar-refractivity contribution < 1.29 is 9.68 Å². The van der Waals surface area contributed by atoms with E-state index in [1.165, 1.54) is 0 Å². The topological polar surface area (TPSA) is 26.5 Å². The molecule has 0 fully saturated rings. The van der Waals surface area contributed by atoms with Crippen LogP contribution in [0.25, 0.3) is 0 Å². The van der Waals surface area contributed by atoms with Crippen LogP contribution in [0.15, 0.2) is 11.8 Å². The lowest BCUT2D eigenvalue weighted by atomic mass is 10.3. The van der Waals surface area contributed by atoms with Crippen LogP contribution in [-0.2, 0) is 0 Å². The standard InChI is InChI=1S/C8H14N2O/c1-7(6-11)8-9(2)4-5-10(8)3/h6H,4-5H2,1-3H3/p+1. The Balaban J connectivity index is 2.92. The molecule has 62 valence electrons. The molecule has 1 N–H and O–H groups in total. The van der Waals surface area contributed by atoms with Crippen LogP contribution in [0.5, 0.6) is 0 Å². The molecule has 1 heterocycles.